The number of benzene rings is 1. The molecule has 3 N–H and O–H groups in total. The van der Waals surface area contributed by atoms with Gasteiger partial charge >= 0.3 is 0 Å². The van der Waals surface area contributed by atoms with Gasteiger partial charge in [0, 0.05) is 23.2 Å². The van der Waals surface area contributed by atoms with E-state index in [1.165, 1.54) is 0 Å². The van der Waals surface area contributed by atoms with E-state index in [-0.39, 0.29) is 0 Å². The highest BCUT2D eigenvalue weighted by Gasteiger charge is 2.00. The van der Waals surface area contributed by atoms with E-state index in [0.717, 1.165) is 23.5 Å². The van der Waals surface area contributed by atoms with Gasteiger partial charge in [0.2, 0.25) is 0 Å². The molecular weight excluding hydrogens is 192 g/mol. The molecule has 0 saturated heterocycles. The van der Waals surface area contributed by atoms with Crippen molar-refractivity contribution in [2.24, 2.45) is 0 Å². The van der Waals surface area contributed by atoms with E-state index in [1.807, 2.05) is 30.8 Å². The topological polar surface area (TPSA) is 38.0 Å². The molecule has 0 amide bonds. The van der Waals surface area contributed by atoms with Gasteiger partial charge in [-0.1, -0.05) is 6.92 Å². The first kappa shape index (κ1) is 11.2. The molecule has 0 aliphatic rings. The van der Waals surface area contributed by atoms with Crippen molar-refractivity contribution in [2.45, 2.75) is 19.1 Å². The Bertz CT molecular complexity index is 299. The zero-order valence-electron chi connectivity index (χ0n) is 9.00. The summed E-state index contributed by atoms with van der Waals surface area (Å²) in [5.74, 6) is 0. The van der Waals surface area contributed by atoms with Crippen LogP contribution in [0.15, 0.2) is 18.2 Å². The number of hydrogen-bond donors (Lipinski definition) is 2. The van der Waals surface area contributed by atoms with Gasteiger partial charge in [-0.25, -0.2) is 0 Å². The lowest BCUT2D eigenvalue weighted by Crippen LogP contribution is -2.12. The standard InChI is InChI=1S/C11H18N2S/c1-8-6-10(4-5-11(8)12)13-7-9(2)14-3/h4-6,9,13H,7,12H2,1-3H3. The Balaban J connectivity index is 2.55. The van der Waals surface area contributed by atoms with E-state index in [1.54, 1.807) is 0 Å². The average molecular weight is 210 g/mol. The predicted molar refractivity (Wildman–Crippen MR) is 67.1 cm³/mol. The van der Waals surface area contributed by atoms with Crippen molar-refractivity contribution in [3.63, 3.8) is 0 Å². The smallest absolute Gasteiger partial charge is 0.0345 e. The SMILES string of the molecule is CSC(C)CNc1ccc(N)c(C)c1. The summed E-state index contributed by atoms with van der Waals surface area (Å²) in [4.78, 5) is 0. The normalized spacial score (nSPS) is 12.5. The lowest BCUT2D eigenvalue weighted by molar-refractivity contribution is 1.00. The van der Waals surface area contributed by atoms with E-state index in [0.29, 0.717) is 5.25 Å². The van der Waals surface area contributed by atoms with E-state index in [9.17, 15) is 0 Å². The van der Waals surface area contributed by atoms with Crippen LogP contribution in [0.1, 0.15) is 12.5 Å². The first-order valence-corrected chi connectivity index (χ1v) is 6.05. The second-order valence-electron chi connectivity index (χ2n) is 3.50. The van der Waals surface area contributed by atoms with Crippen molar-refractivity contribution in [2.75, 3.05) is 23.9 Å². The summed E-state index contributed by atoms with van der Waals surface area (Å²) >= 11 is 1.86. The number of nitrogen functional groups attached to an aromatic ring is 1. The minimum atomic E-state index is 0.632. The Morgan fingerprint density at radius 1 is 1.50 bits per heavy atom. The summed E-state index contributed by atoms with van der Waals surface area (Å²) in [6, 6.07) is 6.05. The average Bonchev–Trinajstić information content (AvgIpc) is 2.19. The van der Waals surface area contributed by atoms with Gasteiger partial charge < -0.3 is 11.1 Å². The first-order valence-electron chi connectivity index (χ1n) is 4.76. The molecule has 14 heavy (non-hydrogen) atoms. The number of thioether (sulfide) groups is 1. The highest BCUT2D eigenvalue weighted by molar-refractivity contribution is 7.99. The molecule has 0 aliphatic carbocycles. The molecule has 0 radical (unpaired) electrons. The van der Waals surface area contributed by atoms with Gasteiger partial charge in [-0.15, -0.1) is 0 Å². The molecule has 0 aliphatic heterocycles. The van der Waals surface area contributed by atoms with Crippen molar-refractivity contribution in [3.8, 4) is 0 Å². The van der Waals surface area contributed by atoms with Crippen molar-refractivity contribution in [3.05, 3.63) is 23.8 Å². The van der Waals surface area contributed by atoms with Crippen molar-refractivity contribution < 1.29 is 0 Å². The van der Waals surface area contributed by atoms with Crippen LogP contribution in [0.4, 0.5) is 11.4 Å². The molecule has 1 aromatic rings. The molecule has 0 bridgehead atoms. The number of nitrogens with one attached hydrogen (secondary N) is 1. The van der Waals surface area contributed by atoms with Gasteiger partial charge in [-0.05, 0) is 36.9 Å². The van der Waals surface area contributed by atoms with Crippen LogP contribution in [0, 0.1) is 6.92 Å². The fourth-order valence-corrected chi connectivity index (χ4v) is 1.38. The second kappa shape index (κ2) is 5.15. The van der Waals surface area contributed by atoms with Crippen LogP contribution in [0.2, 0.25) is 0 Å². The second-order valence-corrected chi connectivity index (χ2v) is 4.77. The molecule has 0 aromatic heterocycles. The van der Waals surface area contributed by atoms with Crippen LogP contribution in [-0.2, 0) is 0 Å². The molecule has 1 rings (SSSR count). The van der Waals surface area contributed by atoms with Gasteiger partial charge in [0.1, 0.15) is 0 Å². The Labute approximate surface area is 90.3 Å². The molecule has 2 nitrogen and oxygen atoms in total. The third kappa shape index (κ3) is 3.14. The quantitative estimate of drug-likeness (QED) is 0.750. The monoisotopic (exact) mass is 210 g/mol. The Morgan fingerprint density at radius 3 is 2.79 bits per heavy atom. The van der Waals surface area contributed by atoms with Gasteiger partial charge in [-0.2, -0.15) is 11.8 Å². The number of anilines is 2. The van der Waals surface area contributed by atoms with Crippen molar-refractivity contribution in [1.82, 2.24) is 0 Å². The molecule has 1 unspecified atom stereocenters. The summed E-state index contributed by atoms with van der Waals surface area (Å²) < 4.78 is 0. The molecule has 3 heteroatoms. The summed E-state index contributed by atoms with van der Waals surface area (Å²) in [5.41, 5.74) is 8.88. The summed E-state index contributed by atoms with van der Waals surface area (Å²) in [7, 11) is 0. The Kier molecular flexibility index (Phi) is 4.14. The maximum atomic E-state index is 5.74. The van der Waals surface area contributed by atoms with Gasteiger partial charge in [0.25, 0.3) is 0 Å². The molecule has 0 saturated carbocycles. The van der Waals surface area contributed by atoms with Gasteiger partial charge in [0.05, 0.1) is 0 Å². The van der Waals surface area contributed by atoms with E-state index < -0.39 is 0 Å². The summed E-state index contributed by atoms with van der Waals surface area (Å²) in [6.07, 6.45) is 2.13. The highest BCUT2D eigenvalue weighted by atomic mass is 32.2. The summed E-state index contributed by atoms with van der Waals surface area (Å²) in [5, 5.41) is 4.02. The molecule has 1 atom stereocenters. The number of aryl methyl sites for hydroxylation is 1. The maximum Gasteiger partial charge on any atom is 0.0345 e. The minimum absolute atomic E-state index is 0.632. The van der Waals surface area contributed by atoms with E-state index >= 15 is 0 Å². The van der Waals surface area contributed by atoms with E-state index in [4.69, 9.17) is 5.73 Å². The fraction of sp³-hybridized carbons (Fsp3) is 0.455. The van der Waals surface area contributed by atoms with Gasteiger partial charge in [-0.3, -0.25) is 0 Å². The van der Waals surface area contributed by atoms with Crippen LogP contribution in [0.3, 0.4) is 0 Å². The van der Waals surface area contributed by atoms with Crippen LogP contribution in [-0.4, -0.2) is 18.1 Å². The van der Waals surface area contributed by atoms with Crippen LogP contribution in [0.5, 0.6) is 0 Å². The van der Waals surface area contributed by atoms with Crippen LogP contribution >= 0.6 is 11.8 Å². The highest BCUT2D eigenvalue weighted by Crippen LogP contribution is 2.17. The van der Waals surface area contributed by atoms with Crippen LogP contribution < -0.4 is 11.1 Å². The van der Waals surface area contributed by atoms with Crippen molar-refractivity contribution in [1.29, 1.82) is 0 Å². The molecule has 0 fully saturated rings. The molecule has 0 heterocycles. The zero-order chi connectivity index (χ0) is 10.6. The van der Waals surface area contributed by atoms with Gasteiger partial charge in [0.15, 0.2) is 0 Å². The van der Waals surface area contributed by atoms with Crippen LogP contribution in [0.25, 0.3) is 0 Å². The third-order valence-electron chi connectivity index (χ3n) is 2.27. The first-order chi connectivity index (χ1) is 6.63. The number of nitrogens with two attached hydrogens (primary N) is 1. The number of hydrogen-bond acceptors (Lipinski definition) is 3. The lowest BCUT2D eigenvalue weighted by Gasteiger charge is -2.12. The minimum Gasteiger partial charge on any atom is -0.399 e. The van der Waals surface area contributed by atoms with E-state index in [2.05, 4.69) is 24.6 Å². The summed E-state index contributed by atoms with van der Waals surface area (Å²) in [6.45, 7) is 5.23. The molecule has 78 valence electrons. The molecule has 0 spiro atoms. The predicted octanol–water partition coefficient (Wildman–Crippen LogP) is 2.74. The molecular formula is C11H18N2S. The largest absolute Gasteiger partial charge is 0.399 e. The lowest BCUT2D eigenvalue weighted by atomic mass is 10.2. The third-order valence-corrected chi connectivity index (χ3v) is 3.24. The Morgan fingerprint density at radius 2 is 2.21 bits per heavy atom. The zero-order valence-corrected chi connectivity index (χ0v) is 9.82. The maximum absolute atomic E-state index is 5.74. The molecule has 1 aromatic carbocycles. The van der Waals surface area contributed by atoms with Crippen molar-refractivity contribution >= 4 is 23.1 Å². The number of rotatable bonds is 4. The fourth-order valence-electron chi connectivity index (χ4n) is 1.13. The Hall–Kier alpha value is -0.830.